The van der Waals surface area contributed by atoms with E-state index in [-0.39, 0.29) is 5.56 Å². The van der Waals surface area contributed by atoms with Crippen LogP contribution in [0, 0.1) is 5.82 Å². The SMILES string of the molecule is CCCN(CC)CCNC(=O)c1ccc(N)cc1F. The van der Waals surface area contributed by atoms with Crippen LogP contribution in [0.25, 0.3) is 0 Å². The fourth-order valence-electron chi connectivity index (χ4n) is 1.88. The van der Waals surface area contributed by atoms with Gasteiger partial charge in [0, 0.05) is 18.8 Å². The Morgan fingerprint density at radius 1 is 1.37 bits per heavy atom. The van der Waals surface area contributed by atoms with Crippen LogP contribution in [0.1, 0.15) is 30.6 Å². The molecule has 0 heterocycles. The molecule has 0 fully saturated rings. The lowest BCUT2D eigenvalue weighted by molar-refractivity contribution is 0.0944. The van der Waals surface area contributed by atoms with Crippen molar-refractivity contribution < 1.29 is 9.18 Å². The molecule has 0 radical (unpaired) electrons. The van der Waals surface area contributed by atoms with Crippen molar-refractivity contribution in [1.29, 1.82) is 0 Å². The Hall–Kier alpha value is -1.62. The molecule has 106 valence electrons. The summed E-state index contributed by atoms with van der Waals surface area (Å²) in [6.45, 7) is 7.42. The smallest absolute Gasteiger partial charge is 0.254 e. The summed E-state index contributed by atoms with van der Waals surface area (Å²) >= 11 is 0. The van der Waals surface area contributed by atoms with Crippen molar-refractivity contribution in [2.24, 2.45) is 0 Å². The number of benzene rings is 1. The van der Waals surface area contributed by atoms with Crippen molar-refractivity contribution >= 4 is 11.6 Å². The van der Waals surface area contributed by atoms with Gasteiger partial charge in [-0.25, -0.2) is 4.39 Å². The lowest BCUT2D eigenvalue weighted by atomic mass is 10.2. The van der Waals surface area contributed by atoms with Crippen molar-refractivity contribution in [1.82, 2.24) is 10.2 Å². The predicted molar refractivity (Wildman–Crippen MR) is 75.6 cm³/mol. The molecule has 1 aromatic rings. The second-order valence-corrected chi connectivity index (χ2v) is 4.43. The lowest BCUT2D eigenvalue weighted by Gasteiger charge is -2.19. The summed E-state index contributed by atoms with van der Waals surface area (Å²) in [5.41, 5.74) is 5.79. The molecule has 1 rings (SSSR count). The van der Waals surface area contributed by atoms with E-state index in [0.717, 1.165) is 32.1 Å². The van der Waals surface area contributed by atoms with E-state index in [1.165, 1.54) is 12.1 Å². The number of carbonyl (C=O) groups is 1. The molecule has 0 aliphatic rings. The van der Waals surface area contributed by atoms with Gasteiger partial charge in [-0.2, -0.15) is 0 Å². The van der Waals surface area contributed by atoms with Gasteiger partial charge in [0.15, 0.2) is 0 Å². The first kappa shape index (κ1) is 15.4. The molecule has 0 atom stereocenters. The van der Waals surface area contributed by atoms with Crippen LogP contribution >= 0.6 is 0 Å². The first-order valence-corrected chi connectivity index (χ1v) is 6.64. The van der Waals surface area contributed by atoms with E-state index in [2.05, 4.69) is 24.1 Å². The largest absolute Gasteiger partial charge is 0.399 e. The minimum Gasteiger partial charge on any atom is -0.399 e. The minimum absolute atomic E-state index is 0.0349. The number of hydrogen-bond acceptors (Lipinski definition) is 3. The number of nitrogen functional groups attached to an aromatic ring is 1. The zero-order valence-electron chi connectivity index (χ0n) is 11.6. The van der Waals surface area contributed by atoms with Gasteiger partial charge >= 0.3 is 0 Å². The molecule has 0 aliphatic heterocycles. The van der Waals surface area contributed by atoms with E-state index in [0.29, 0.717) is 12.2 Å². The highest BCUT2D eigenvalue weighted by Gasteiger charge is 2.11. The molecule has 5 heteroatoms. The standard InChI is InChI=1S/C14H22FN3O/c1-3-8-18(4-2)9-7-17-14(19)12-6-5-11(16)10-13(12)15/h5-6,10H,3-4,7-9,16H2,1-2H3,(H,17,19). The van der Waals surface area contributed by atoms with Gasteiger partial charge in [0.05, 0.1) is 5.56 Å². The van der Waals surface area contributed by atoms with Gasteiger partial charge in [-0.05, 0) is 37.7 Å². The Bertz CT molecular complexity index is 423. The molecule has 0 saturated heterocycles. The summed E-state index contributed by atoms with van der Waals surface area (Å²) in [5.74, 6) is -0.983. The van der Waals surface area contributed by atoms with E-state index >= 15 is 0 Å². The summed E-state index contributed by atoms with van der Waals surface area (Å²) < 4.78 is 13.5. The molecule has 4 nitrogen and oxygen atoms in total. The summed E-state index contributed by atoms with van der Waals surface area (Å²) in [6, 6.07) is 4.08. The van der Waals surface area contributed by atoms with Gasteiger partial charge < -0.3 is 16.0 Å². The van der Waals surface area contributed by atoms with Gasteiger partial charge in [-0.3, -0.25) is 4.79 Å². The molecule has 0 aromatic heterocycles. The lowest BCUT2D eigenvalue weighted by Crippen LogP contribution is -2.35. The highest BCUT2D eigenvalue weighted by molar-refractivity contribution is 5.94. The van der Waals surface area contributed by atoms with E-state index in [9.17, 15) is 9.18 Å². The van der Waals surface area contributed by atoms with Gasteiger partial charge in [-0.15, -0.1) is 0 Å². The molecule has 0 unspecified atom stereocenters. The number of nitrogens with zero attached hydrogens (tertiary/aromatic N) is 1. The van der Waals surface area contributed by atoms with Crippen molar-refractivity contribution in [3.8, 4) is 0 Å². The van der Waals surface area contributed by atoms with Crippen LogP contribution in [-0.4, -0.2) is 37.0 Å². The van der Waals surface area contributed by atoms with Gasteiger partial charge in [-0.1, -0.05) is 13.8 Å². The van der Waals surface area contributed by atoms with E-state index in [1.54, 1.807) is 0 Å². The van der Waals surface area contributed by atoms with E-state index in [4.69, 9.17) is 5.73 Å². The third-order valence-corrected chi connectivity index (χ3v) is 2.94. The molecule has 1 amide bonds. The third-order valence-electron chi connectivity index (χ3n) is 2.94. The monoisotopic (exact) mass is 267 g/mol. The third kappa shape index (κ3) is 4.87. The zero-order valence-corrected chi connectivity index (χ0v) is 11.6. The van der Waals surface area contributed by atoms with Gasteiger partial charge in [0.25, 0.3) is 5.91 Å². The Kier molecular flexibility index (Phi) is 6.29. The number of anilines is 1. The highest BCUT2D eigenvalue weighted by atomic mass is 19.1. The Morgan fingerprint density at radius 2 is 2.11 bits per heavy atom. The minimum atomic E-state index is -0.585. The predicted octanol–water partition coefficient (Wildman–Crippen LogP) is 1.87. The van der Waals surface area contributed by atoms with Crippen LogP contribution in [0.4, 0.5) is 10.1 Å². The topological polar surface area (TPSA) is 58.4 Å². The summed E-state index contributed by atoms with van der Waals surface area (Å²) in [6.07, 6.45) is 1.08. The number of halogens is 1. The van der Waals surface area contributed by atoms with Gasteiger partial charge in [0.1, 0.15) is 5.82 Å². The normalized spacial score (nSPS) is 10.7. The van der Waals surface area contributed by atoms with Gasteiger partial charge in [0.2, 0.25) is 0 Å². The molecule has 3 N–H and O–H groups in total. The maximum absolute atomic E-state index is 13.5. The van der Waals surface area contributed by atoms with Crippen LogP contribution in [0.2, 0.25) is 0 Å². The quantitative estimate of drug-likeness (QED) is 0.741. The van der Waals surface area contributed by atoms with Crippen LogP contribution in [-0.2, 0) is 0 Å². The maximum atomic E-state index is 13.5. The molecule has 19 heavy (non-hydrogen) atoms. The first-order chi connectivity index (χ1) is 9.08. The number of amides is 1. The molecular formula is C14H22FN3O. The number of carbonyl (C=O) groups excluding carboxylic acids is 1. The number of likely N-dealkylation sites (N-methyl/N-ethyl adjacent to an activating group) is 1. The molecule has 0 bridgehead atoms. The zero-order chi connectivity index (χ0) is 14.3. The Balaban J connectivity index is 2.47. The first-order valence-electron chi connectivity index (χ1n) is 6.64. The van der Waals surface area contributed by atoms with E-state index in [1.807, 2.05) is 0 Å². The van der Waals surface area contributed by atoms with Crippen LogP contribution in [0.5, 0.6) is 0 Å². The van der Waals surface area contributed by atoms with Crippen LogP contribution in [0.3, 0.4) is 0 Å². The molecule has 0 spiro atoms. The number of hydrogen-bond donors (Lipinski definition) is 2. The maximum Gasteiger partial charge on any atom is 0.254 e. The summed E-state index contributed by atoms with van der Waals surface area (Å²) in [7, 11) is 0. The second-order valence-electron chi connectivity index (χ2n) is 4.43. The number of rotatable bonds is 7. The van der Waals surface area contributed by atoms with Crippen molar-refractivity contribution in [3.63, 3.8) is 0 Å². The Labute approximate surface area is 113 Å². The van der Waals surface area contributed by atoms with Crippen molar-refractivity contribution in [3.05, 3.63) is 29.6 Å². The number of nitrogens with one attached hydrogen (secondary N) is 1. The van der Waals surface area contributed by atoms with Crippen LogP contribution in [0.15, 0.2) is 18.2 Å². The van der Waals surface area contributed by atoms with E-state index < -0.39 is 11.7 Å². The molecule has 0 aliphatic carbocycles. The molecule has 1 aromatic carbocycles. The number of nitrogens with two attached hydrogens (primary N) is 1. The summed E-state index contributed by atoms with van der Waals surface area (Å²) in [4.78, 5) is 14.0. The molecule has 0 saturated carbocycles. The fourth-order valence-corrected chi connectivity index (χ4v) is 1.88. The Morgan fingerprint density at radius 3 is 2.68 bits per heavy atom. The van der Waals surface area contributed by atoms with Crippen molar-refractivity contribution in [2.75, 3.05) is 31.9 Å². The summed E-state index contributed by atoms with van der Waals surface area (Å²) in [5, 5.41) is 2.72. The molecular weight excluding hydrogens is 245 g/mol. The average molecular weight is 267 g/mol. The van der Waals surface area contributed by atoms with Crippen LogP contribution < -0.4 is 11.1 Å². The fraction of sp³-hybridized carbons (Fsp3) is 0.500. The van der Waals surface area contributed by atoms with Crippen molar-refractivity contribution in [2.45, 2.75) is 20.3 Å². The average Bonchev–Trinajstić information content (AvgIpc) is 2.37. The second kappa shape index (κ2) is 7.74. The highest BCUT2D eigenvalue weighted by Crippen LogP contribution is 2.11.